The fourth-order valence-electron chi connectivity index (χ4n) is 3.05. The number of fused-ring (bicyclic) bond motifs is 1. The standard InChI is InChI=1S/C22H21ClN2O3/c23-18-9-6-14(7-10-18)13-20(22(27)28)25-21(26)19(24)12-15-5-8-16-3-1-2-4-17(16)11-15/h1-11,19-20H,12-13,24H2,(H,25,26)(H,27,28)/t19-,20-/m1/s1. The Kier molecular flexibility index (Phi) is 6.29. The monoisotopic (exact) mass is 396 g/mol. The summed E-state index contributed by atoms with van der Waals surface area (Å²) in [5.41, 5.74) is 7.72. The number of halogens is 1. The zero-order chi connectivity index (χ0) is 20.1. The predicted molar refractivity (Wildman–Crippen MR) is 110 cm³/mol. The number of carboxylic acid groups (broad SMARTS) is 1. The van der Waals surface area contributed by atoms with Crippen molar-refractivity contribution < 1.29 is 14.7 Å². The molecule has 144 valence electrons. The van der Waals surface area contributed by atoms with Crippen LogP contribution in [0.1, 0.15) is 11.1 Å². The molecule has 0 fully saturated rings. The molecular formula is C22H21ClN2O3. The molecule has 2 atom stereocenters. The third-order valence-electron chi connectivity index (χ3n) is 4.57. The Labute approximate surface area is 168 Å². The summed E-state index contributed by atoms with van der Waals surface area (Å²) in [5, 5.41) is 14.7. The SMILES string of the molecule is N[C@H](Cc1ccc2ccccc2c1)C(=O)N[C@H](Cc1ccc(Cl)cc1)C(=O)O. The Morgan fingerprint density at radius 1 is 0.929 bits per heavy atom. The van der Waals surface area contributed by atoms with Crippen LogP contribution >= 0.6 is 11.6 Å². The number of nitrogens with one attached hydrogen (secondary N) is 1. The lowest BCUT2D eigenvalue weighted by molar-refractivity contribution is -0.141. The molecule has 0 saturated carbocycles. The van der Waals surface area contributed by atoms with Crippen LogP contribution in [0.15, 0.2) is 66.7 Å². The fraction of sp³-hybridized carbons (Fsp3) is 0.182. The van der Waals surface area contributed by atoms with Crippen LogP contribution in [0.3, 0.4) is 0 Å². The van der Waals surface area contributed by atoms with Crippen LogP contribution in [-0.2, 0) is 22.4 Å². The van der Waals surface area contributed by atoms with Crippen molar-refractivity contribution in [3.05, 3.63) is 82.9 Å². The molecule has 0 saturated heterocycles. The number of carbonyl (C=O) groups is 2. The molecule has 0 aliphatic heterocycles. The summed E-state index contributed by atoms with van der Waals surface area (Å²) in [7, 11) is 0. The molecule has 1 amide bonds. The largest absolute Gasteiger partial charge is 0.480 e. The van der Waals surface area contributed by atoms with Crippen molar-refractivity contribution in [2.24, 2.45) is 5.73 Å². The molecule has 0 aromatic heterocycles. The third-order valence-corrected chi connectivity index (χ3v) is 4.83. The van der Waals surface area contributed by atoms with Gasteiger partial charge in [0.15, 0.2) is 0 Å². The minimum atomic E-state index is -1.11. The highest BCUT2D eigenvalue weighted by Gasteiger charge is 2.23. The van der Waals surface area contributed by atoms with Crippen LogP contribution in [-0.4, -0.2) is 29.1 Å². The molecule has 3 rings (SSSR count). The molecule has 3 aromatic rings. The van der Waals surface area contributed by atoms with Crippen molar-refractivity contribution in [1.29, 1.82) is 0 Å². The molecule has 28 heavy (non-hydrogen) atoms. The van der Waals surface area contributed by atoms with Crippen molar-refractivity contribution in [3.8, 4) is 0 Å². The molecule has 3 aromatic carbocycles. The maximum absolute atomic E-state index is 12.4. The van der Waals surface area contributed by atoms with Gasteiger partial charge in [-0.15, -0.1) is 0 Å². The van der Waals surface area contributed by atoms with Crippen LogP contribution in [0.4, 0.5) is 0 Å². The van der Waals surface area contributed by atoms with Gasteiger partial charge in [-0.1, -0.05) is 66.2 Å². The van der Waals surface area contributed by atoms with Gasteiger partial charge in [-0.05, 0) is 40.5 Å². The Morgan fingerprint density at radius 3 is 2.25 bits per heavy atom. The first-order valence-corrected chi connectivity index (χ1v) is 9.31. The van der Waals surface area contributed by atoms with Crippen molar-refractivity contribution >= 4 is 34.2 Å². The maximum Gasteiger partial charge on any atom is 0.326 e. The topological polar surface area (TPSA) is 92.4 Å². The van der Waals surface area contributed by atoms with E-state index in [-0.39, 0.29) is 6.42 Å². The summed E-state index contributed by atoms with van der Waals surface area (Å²) in [6.07, 6.45) is 0.477. The maximum atomic E-state index is 12.4. The second kappa shape index (κ2) is 8.87. The summed E-state index contributed by atoms with van der Waals surface area (Å²) < 4.78 is 0. The lowest BCUT2D eigenvalue weighted by Gasteiger charge is -2.18. The minimum absolute atomic E-state index is 0.154. The van der Waals surface area contributed by atoms with E-state index in [1.165, 1.54) is 0 Å². The van der Waals surface area contributed by atoms with Gasteiger partial charge in [0.2, 0.25) is 5.91 Å². The summed E-state index contributed by atoms with van der Waals surface area (Å²) in [6.45, 7) is 0. The molecule has 6 heteroatoms. The average molecular weight is 397 g/mol. The van der Waals surface area contributed by atoms with E-state index in [9.17, 15) is 14.7 Å². The van der Waals surface area contributed by atoms with E-state index in [1.54, 1.807) is 24.3 Å². The summed E-state index contributed by atoms with van der Waals surface area (Å²) in [4.78, 5) is 24.0. The number of hydrogen-bond acceptors (Lipinski definition) is 3. The average Bonchev–Trinajstić information content (AvgIpc) is 2.68. The molecule has 0 spiro atoms. The minimum Gasteiger partial charge on any atom is -0.480 e. The lowest BCUT2D eigenvalue weighted by atomic mass is 10.0. The Hall–Kier alpha value is -2.89. The zero-order valence-electron chi connectivity index (χ0n) is 15.1. The van der Waals surface area contributed by atoms with Crippen molar-refractivity contribution in [3.63, 3.8) is 0 Å². The van der Waals surface area contributed by atoms with E-state index < -0.39 is 24.0 Å². The van der Waals surface area contributed by atoms with Crippen LogP contribution in [0, 0.1) is 0 Å². The molecule has 0 aliphatic carbocycles. The molecule has 0 aliphatic rings. The molecule has 0 bridgehead atoms. The van der Waals surface area contributed by atoms with Gasteiger partial charge >= 0.3 is 5.97 Å². The van der Waals surface area contributed by atoms with Crippen molar-refractivity contribution in [1.82, 2.24) is 5.32 Å². The lowest BCUT2D eigenvalue weighted by Crippen LogP contribution is -2.50. The number of benzene rings is 3. The molecule has 0 unspecified atom stereocenters. The van der Waals surface area contributed by atoms with Gasteiger partial charge in [-0.3, -0.25) is 4.79 Å². The number of carboxylic acids is 1. The van der Waals surface area contributed by atoms with Crippen molar-refractivity contribution in [2.75, 3.05) is 0 Å². The molecule has 4 N–H and O–H groups in total. The second-order valence-electron chi connectivity index (χ2n) is 6.72. The highest BCUT2D eigenvalue weighted by Crippen LogP contribution is 2.16. The highest BCUT2D eigenvalue weighted by atomic mass is 35.5. The van der Waals surface area contributed by atoms with E-state index in [2.05, 4.69) is 5.32 Å². The normalized spacial score (nSPS) is 13.1. The number of rotatable bonds is 7. The van der Waals surface area contributed by atoms with Gasteiger partial charge in [-0.2, -0.15) is 0 Å². The summed E-state index contributed by atoms with van der Waals surface area (Å²) in [6, 6.07) is 18.8. The molecule has 5 nitrogen and oxygen atoms in total. The van der Waals surface area contributed by atoms with Gasteiger partial charge in [0.05, 0.1) is 6.04 Å². The number of hydrogen-bond donors (Lipinski definition) is 3. The van der Waals surface area contributed by atoms with Crippen LogP contribution in [0.5, 0.6) is 0 Å². The van der Waals surface area contributed by atoms with Gasteiger partial charge in [-0.25, -0.2) is 4.79 Å². The van der Waals surface area contributed by atoms with E-state index >= 15 is 0 Å². The predicted octanol–water partition coefficient (Wildman–Crippen LogP) is 3.18. The molecule has 0 heterocycles. The first kappa shape index (κ1) is 19.9. The Bertz CT molecular complexity index is 988. The number of aliphatic carboxylic acids is 1. The van der Waals surface area contributed by atoms with Crippen LogP contribution in [0.2, 0.25) is 5.02 Å². The Balaban J connectivity index is 1.64. The quantitative estimate of drug-likeness (QED) is 0.572. The smallest absolute Gasteiger partial charge is 0.326 e. The second-order valence-corrected chi connectivity index (χ2v) is 7.16. The Morgan fingerprint density at radius 2 is 1.57 bits per heavy atom. The van der Waals surface area contributed by atoms with E-state index in [0.717, 1.165) is 21.9 Å². The summed E-state index contributed by atoms with van der Waals surface area (Å²) >= 11 is 5.85. The highest BCUT2D eigenvalue weighted by molar-refractivity contribution is 6.30. The molecular weight excluding hydrogens is 376 g/mol. The number of amides is 1. The molecule has 0 radical (unpaired) electrons. The first-order valence-electron chi connectivity index (χ1n) is 8.93. The number of carbonyl (C=O) groups excluding carboxylic acids is 1. The summed E-state index contributed by atoms with van der Waals surface area (Å²) in [5.74, 6) is -1.60. The first-order chi connectivity index (χ1) is 13.4. The number of nitrogens with two attached hydrogens (primary N) is 1. The van der Waals surface area contributed by atoms with Crippen molar-refractivity contribution in [2.45, 2.75) is 24.9 Å². The van der Waals surface area contributed by atoms with Gasteiger partial charge < -0.3 is 16.2 Å². The van der Waals surface area contributed by atoms with Gasteiger partial charge in [0.25, 0.3) is 0 Å². The van der Waals surface area contributed by atoms with Crippen LogP contribution in [0.25, 0.3) is 10.8 Å². The van der Waals surface area contributed by atoms with E-state index in [1.807, 2.05) is 42.5 Å². The van der Waals surface area contributed by atoms with Gasteiger partial charge in [0, 0.05) is 11.4 Å². The fourth-order valence-corrected chi connectivity index (χ4v) is 3.17. The van der Waals surface area contributed by atoms with Crippen LogP contribution < -0.4 is 11.1 Å². The zero-order valence-corrected chi connectivity index (χ0v) is 15.9. The third kappa shape index (κ3) is 5.09. The van der Waals surface area contributed by atoms with E-state index in [0.29, 0.717) is 11.4 Å². The van der Waals surface area contributed by atoms with Gasteiger partial charge in [0.1, 0.15) is 6.04 Å². The van der Waals surface area contributed by atoms with E-state index in [4.69, 9.17) is 17.3 Å².